The van der Waals surface area contributed by atoms with E-state index in [0.29, 0.717) is 10.9 Å². The third kappa shape index (κ3) is 5.68. The summed E-state index contributed by atoms with van der Waals surface area (Å²) in [6.45, 7) is 4.33. The number of hydrogen-bond donors (Lipinski definition) is 0. The number of hydrogen-bond acceptors (Lipinski definition) is 1. The Morgan fingerprint density at radius 1 is 1.36 bits per heavy atom. The Kier molecular flexibility index (Phi) is 7.39. The zero-order valence-corrected chi connectivity index (χ0v) is 9.36. The molecule has 1 nitrogen and oxygen atoms in total. The summed E-state index contributed by atoms with van der Waals surface area (Å²) in [5.74, 6) is 0. The van der Waals surface area contributed by atoms with Crippen LogP contribution in [0.2, 0.25) is 0 Å². The largest absolute Gasteiger partial charge is 0.381 e. The monoisotopic (exact) mass is 222 g/mol. The van der Waals surface area contributed by atoms with Crippen molar-refractivity contribution in [1.82, 2.24) is 0 Å². The number of rotatable bonds is 6. The third-order valence-corrected chi connectivity index (χ3v) is 3.17. The molecule has 0 aliphatic heterocycles. The Morgan fingerprint density at radius 2 is 2.00 bits per heavy atom. The van der Waals surface area contributed by atoms with Crippen LogP contribution in [0.3, 0.4) is 0 Å². The average Bonchev–Trinajstić information content (AvgIpc) is 2.03. The Balaban J connectivity index is 3.28. The summed E-state index contributed by atoms with van der Waals surface area (Å²) in [5, 5.41) is 0. The topological polar surface area (TPSA) is 9.23 Å². The lowest BCUT2D eigenvalue weighted by molar-refractivity contribution is 0.115. The molecule has 2 heteroatoms. The van der Waals surface area contributed by atoms with Gasteiger partial charge in [-0.1, -0.05) is 42.1 Å². The first-order valence-corrected chi connectivity index (χ1v) is 5.30. The van der Waals surface area contributed by atoms with Crippen LogP contribution in [-0.4, -0.2) is 18.0 Å². The van der Waals surface area contributed by atoms with Gasteiger partial charge < -0.3 is 4.74 Å². The van der Waals surface area contributed by atoms with Crippen LogP contribution in [0.5, 0.6) is 0 Å². The van der Waals surface area contributed by atoms with E-state index < -0.39 is 0 Å². The minimum Gasteiger partial charge on any atom is -0.381 e. The quantitative estimate of drug-likeness (QED) is 0.495. The van der Waals surface area contributed by atoms with Gasteiger partial charge in [-0.15, -0.1) is 0 Å². The van der Waals surface area contributed by atoms with Crippen LogP contribution >= 0.6 is 15.9 Å². The van der Waals surface area contributed by atoms with Crippen molar-refractivity contribution in [2.24, 2.45) is 0 Å². The molecule has 2 unspecified atom stereocenters. The van der Waals surface area contributed by atoms with Gasteiger partial charge in [0.1, 0.15) is 0 Å². The minimum atomic E-state index is 0.340. The molecule has 2 atom stereocenters. The molecule has 0 rings (SSSR count). The number of unbranched alkanes of at least 4 members (excludes halogenated alkanes) is 2. The highest BCUT2D eigenvalue weighted by atomic mass is 79.9. The Bertz CT molecular complexity index is 85.6. The molecule has 0 N–H and O–H groups in total. The van der Waals surface area contributed by atoms with Gasteiger partial charge in [0.2, 0.25) is 0 Å². The molecule has 0 heterocycles. The second-order valence-corrected chi connectivity index (χ2v) is 4.13. The van der Waals surface area contributed by atoms with E-state index in [2.05, 4.69) is 29.8 Å². The molecule has 0 bridgehead atoms. The number of ether oxygens (including phenoxy) is 1. The molecule has 68 valence electrons. The minimum absolute atomic E-state index is 0.340. The van der Waals surface area contributed by atoms with Crippen LogP contribution in [0, 0.1) is 0 Å². The summed E-state index contributed by atoms with van der Waals surface area (Å²) in [6.07, 6.45) is 5.50. The molecule has 0 aliphatic carbocycles. The van der Waals surface area contributed by atoms with Gasteiger partial charge in [-0.3, -0.25) is 0 Å². The van der Waals surface area contributed by atoms with Gasteiger partial charge in [-0.2, -0.15) is 0 Å². The Hall–Kier alpha value is 0.440. The van der Waals surface area contributed by atoms with Crippen molar-refractivity contribution in [3.05, 3.63) is 0 Å². The molecule has 0 saturated heterocycles. The maximum absolute atomic E-state index is 5.20. The van der Waals surface area contributed by atoms with Gasteiger partial charge in [-0.05, 0) is 13.3 Å². The molecule has 0 aliphatic rings. The van der Waals surface area contributed by atoms with E-state index >= 15 is 0 Å². The van der Waals surface area contributed by atoms with Crippen LogP contribution in [0.15, 0.2) is 0 Å². The fourth-order valence-corrected chi connectivity index (χ4v) is 1.51. The van der Waals surface area contributed by atoms with Crippen LogP contribution in [-0.2, 0) is 4.74 Å². The van der Waals surface area contributed by atoms with Crippen molar-refractivity contribution >= 4 is 15.9 Å². The van der Waals surface area contributed by atoms with E-state index in [4.69, 9.17) is 4.74 Å². The first-order valence-electron chi connectivity index (χ1n) is 4.39. The van der Waals surface area contributed by atoms with Crippen molar-refractivity contribution in [1.29, 1.82) is 0 Å². The van der Waals surface area contributed by atoms with Crippen molar-refractivity contribution < 1.29 is 4.74 Å². The highest BCUT2D eigenvalue weighted by Gasteiger charge is 2.11. The van der Waals surface area contributed by atoms with Crippen LogP contribution in [0.4, 0.5) is 0 Å². The zero-order chi connectivity index (χ0) is 8.69. The number of methoxy groups -OCH3 is 1. The second kappa shape index (κ2) is 7.11. The highest BCUT2D eigenvalue weighted by Crippen LogP contribution is 2.16. The summed E-state index contributed by atoms with van der Waals surface area (Å²) in [5.41, 5.74) is 0. The van der Waals surface area contributed by atoms with E-state index in [9.17, 15) is 0 Å². The predicted molar refractivity (Wildman–Crippen MR) is 53.3 cm³/mol. The van der Waals surface area contributed by atoms with Gasteiger partial charge in [0.25, 0.3) is 0 Å². The lowest BCUT2D eigenvalue weighted by Crippen LogP contribution is -2.18. The summed E-state index contributed by atoms with van der Waals surface area (Å²) < 4.78 is 5.20. The van der Waals surface area contributed by atoms with Crippen molar-refractivity contribution in [2.75, 3.05) is 7.11 Å². The number of halogens is 1. The van der Waals surface area contributed by atoms with Gasteiger partial charge >= 0.3 is 0 Å². The predicted octanol–water partition coefficient (Wildman–Crippen LogP) is 3.37. The van der Waals surface area contributed by atoms with Crippen LogP contribution in [0.25, 0.3) is 0 Å². The van der Waals surface area contributed by atoms with Crippen molar-refractivity contribution in [3.8, 4) is 0 Å². The standard InChI is InChI=1S/C9H19BrO/c1-4-5-6-7-9(10)8(2)11-3/h8-9H,4-7H2,1-3H3. The summed E-state index contributed by atoms with van der Waals surface area (Å²) >= 11 is 3.61. The summed E-state index contributed by atoms with van der Waals surface area (Å²) in [7, 11) is 1.76. The van der Waals surface area contributed by atoms with Crippen LogP contribution in [0.1, 0.15) is 39.5 Å². The van der Waals surface area contributed by atoms with Gasteiger partial charge in [0, 0.05) is 11.9 Å². The van der Waals surface area contributed by atoms with E-state index in [-0.39, 0.29) is 0 Å². The SMILES string of the molecule is CCCCCC(Br)C(C)OC. The maximum atomic E-state index is 5.20. The van der Waals surface area contributed by atoms with Gasteiger partial charge in [0.05, 0.1) is 6.10 Å². The Morgan fingerprint density at radius 3 is 2.45 bits per heavy atom. The molecule has 0 radical (unpaired) electrons. The summed E-state index contributed by atoms with van der Waals surface area (Å²) in [6, 6.07) is 0. The average molecular weight is 223 g/mol. The van der Waals surface area contributed by atoms with Gasteiger partial charge in [-0.25, -0.2) is 0 Å². The highest BCUT2D eigenvalue weighted by molar-refractivity contribution is 9.09. The zero-order valence-electron chi connectivity index (χ0n) is 7.77. The molecular weight excluding hydrogens is 204 g/mol. The summed E-state index contributed by atoms with van der Waals surface area (Å²) in [4.78, 5) is 0.527. The maximum Gasteiger partial charge on any atom is 0.0668 e. The second-order valence-electron chi connectivity index (χ2n) is 2.95. The van der Waals surface area contributed by atoms with Gasteiger partial charge in [0.15, 0.2) is 0 Å². The molecule has 11 heavy (non-hydrogen) atoms. The first-order chi connectivity index (χ1) is 5.22. The van der Waals surface area contributed by atoms with E-state index in [1.165, 1.54) is 25.7 Å². The molecule has 0 fully saturated rings. The fourth-order valence-electron chi connectivity index (χ4n) is 0.972. The number of alkyl halides is 1. The lowest BCUT2D eigenvalue weighted by atomic mass is 10.1. The van der Waals surface area contributed by atoms with Crippen molar-refractivity contribution in [3.63, 3.8) is 0 Å². The third-order valence-electron chi connectivity index (χ3n) is 1.96. The van der Waals surface area contributed by atoms with Crippen LogP contribution < -0.4 is 0 Å². The molecular formula is C9H19BrO. The van der Waals surface area contributed by atoms with E-state index in [0.717, 1.165) is 0 Å². The van der Waals surface area contributed by atoms with E-state index in [1.54, 1.807) is 7.11 Å². The smallest absolute Gasteiger partial charge is 0.0668 e. The van der Waals surface area contributed by atoms with Crippen molar-refractivity contribution in [2.45, 2.75) is 50.5 Å². The lowest BCUT2D eigenvalue weighted by Gasteiger charge is -2.15. The molecule has 0 saturated carbocycles. The van der Waals surface area contributed by atoms with E-state index in [1.807, 2.05) is 0 Å². The fraction of sp³-hybridized carbons (Fsp3) is 1.00. The molecule has 0 aromatic rings. The molecule has 0 aromatic carbocycles. The molecule has 0 aromatic heterocycles. The normalized spacial score (nSPS) is 16.4. The molecule has 0 spiro atoms. The molecule has 0 amide bonds. The first kappa shape index (κ1) is 11.4. The Labute approximate surface area is 78.6 Å².